The van der Waals surface area contributed by atoms with Gasteiger partial charge in [0, 0.05) is 13.1 Å². The standard InChI is InChI=1S/C13H18N2O5S/c1-2-3-15(8-13(18)19)12(17)10-21-9-11(16)14-4-6-20-7-5-14/h1H,3-10H2,(H,18,19). The van der Waals surface area contributed by atoms with Crippen molar-refractivity contribution in [2.24, 2.45) is 0 Å². The molecule has 0 spiro atoms. The molecule has 8 heteroatoms. The van der Waals surface area contributed by atoms with Gasteiger partial charge >= 0.3 is 5.97 Å². The zero-order valence-corrected chi connectivity index (χ0v) is 12.4. The van der Waals surface area contributed by atoms with E-state index >= 15 is 0 Å². The first-order chi connectivity index (χ1) is 10.0. The van der Waals surface area contributed by atoms with Crippen molar-refractivity contribution < 1.29 is 24.2 Å². The summed E-state index contributed by atoms with van der Waals surface area (Å²) in [4.78, 5) is 37.1. The van der Waals surface area contributed by atoms with E-state index in [1.807, 2.05) is 0 Å². The van der Waals surface area contributed by atoms with Crippen molar-refractivity contribution >= 4 is 29.5 Å². The largest absolute Gasteiger partial charge is 0.480 e. The minimum Gasteiger partial charge on any atom is -0.480 e. The third-order valence-corrected chi connectivity index (χ3v) is 3.68. The molecule has 1 aliphatic rings. The van der Waals surface area contributed by atoms with Gasteiger partial charge in [-0.05, 0) is 0 Å². The summed E-state index contributed by atoms with van der Waals surface area (Å²) in [6.45, 7) is 1.71. The van der Waals surface area contributed by atoms with E-state index in [0.717, 1.165) is 16.7 Å². The Kier molecular flexibility index (Phi) is 7.64. The van der Waals surface area contributed by atoms with Crippen LogP contribution < -0.4 is 0 Å². The second-order valence-electron chi connectivity index (χ2n) is 4.33. The Labute approximate surface area is 127 Å². The number of carbonyl (C=O) groups excluding carboxylic acids is 2. The molecule has 0 radical (unpaired) electrons. The molecular weight excluding hydrogens is 296 g/mol. The molecule has 0 bridgehead atoms. The molecule has 21 heavy (non-hydrogen) atoms. The van der Waals surface area contributed by atoms with Gasteiger partial charge in [-0.15, -0.1) is 18.2 Å². The van der Waals surface area contributed by atoms with Crippen LogP contribution in [0.25, 0.3) is 0 Å². The van der Waals surface area contributed by atoms with Gasteiger partial charge in [-0.3, -0.25) is 14.4 Å². The summed E-state index contributed by atoms with van der Waals surface area (Å²) in [5.41, 5.74) is 0. The van der Waals surface area contributed by atoms with Gasteiger partial charge in [-0.25, -0.2) is 0 Å². The molecule has 2 amide bonds. The van der Waals surface area contributed by atoms with E-state index in [1.54, 1.807) is 4.90 Å². The number of carbonyl (C=O) groups is 3. The smallest absolute Gasteiger partial charge is 0.323 e. The average molecular weight is 314 g/mol. The molecular formula is C13H18N2O5S. The summed E-state index contributed by atoms with van der Waals surface area (Å²) >= 11 is 1.16. The van der Waals surface area contributed by atoms with Crippen molar-refractivity contribution in [3.8, 4) is 12.3 Å². The van der Waals surface area contributed by atoms with Gasteiger partial charge in [0.2, 0.25) is 11.8 Å². The van der Waals surface area contributed by atoms with Gasteiger partial charge < -0.3 is 19.6 Å². The van der Waals surface area contributed by atoms with E-state index in [1.165, 1.54) is 0 Å². The van der Waals surface area contributed by atoms with Crippen LogP contribution in [0.2, 0.25) is 0 Å². The molecule has 0 saturated carbocycles. The van der Waals surface area contributed by atoms with Crippen molar-refractivity contribution in [3.63, 3.8) is 0 Å². The van der Waals surface area contributed by atoms with Gasteiger partial charge in [-0.1, -0.05) is 5.92 Å². The second-order valence-corrected chi connectivity index (χ2v) is 5.32. The number of aliphatic carboxylic acids is 1. The van der Waals surface area contributed by atoms with Crippen LogP contribution in [0, 0.1) is 12.3 Å². The number of amides is 2. The maximum atomic E-state index is 11.9. The fraction of sp³-hybridized carbons (Fsp3) is 0.615. The van der Waals surface area contributed by atoms with Crippen molar-refractivity contribution in [1.82, 2.24) is 9.80 Å². The fourth-order valence-corrected chi connectivity index (χ4v) is 2.54. The number of rotatable bonds is 7. The van der Waals surface area contributed by atoms with Gasteiger partial charge in [0.1, 0.15) is 6.54 Å². The van der Waals surface area contributed by atoms with Crippen LogP contribution in [0.3, 0.4) is 0 Å². The number of thioether (sulfide) groups is 1. The molecule has 0 unspecified atom stereocenters. The lowest BCUT2D eigenvalue weighted by Crippen LogP contribution is -2.42. The molecule has 1 saturated heterocycles. The number of terminal acetylenes is 1. The van der Waals surface area contributed by atoms with Crippen LogP contribution in [0.15, 0.2) is 0 Å². The molecule has 1 rings (SSSR count). The first-order valence-electron chi connectivity index (χ1n) is 6.41. The Morgan fingerprint density at radius 2 is 1.95 bits per heavy atom. The Morgan fingerprint density at radius 1 is 1.29 bits per heavy atom. The zero-order valence-electron chi connectivity index (χ0n) is 11.6. The third-order valence-electron chi connectivity index (χ3n) is 2.78. The van der Waals surface area contributed by atoms with Gasteiger partial charge in [-0.2, -0.15) is 0 Å². The third kappa shape index (κ3) is 6.51. The molecule has 7 nitrogen and oxygen atoms in total. The van der Waals surface area contributed by atoms with Crippen LogP contribution in [-0.2, 0) is 19.1 Å². The van der Waals surface area contributed by atoms with Crippen LogP contribution in [0.1, 0.15) is 0 Å². The topological polar surface area (TPSA) is 87.2 Å². The highest BCUT2D eigenvalue weighted by Crippen LogP contribution is 2.07. The maximum Gasteiger partial charge on any atom is 0.323 e. The molecule has 1 aliphatic heterocycles. The number of hydrogen-bond donors (Lipinski definition) is 1. The van der Waals surface area contributed by atoms with Gasteiger partial charge in [0.25, 0.3) is 0 Å². The van der Waals surface area contributed by atoms with E-state index in [2.05, 4.69) is 5.92 Å². The van der Waals surface area contributed by atoms with Crippen LogP contribution in [0.5, 0.6) is 0 Å². The summed E-state index contributed by atoms with van der Waals surface area (Å²) < 4.78 is 5.15. The molecule has 0 atom stereocenters. The predicted molar refractivity (Wildman–Crippen MR) is 77.8 cm³/mol. The highest BCUT2D eigenvalue weighted by atomic mass is 32.2. The summed E-state index contributed by atoms with van der Waals surface area (Å²) in [6, 6.07) is 0. The SMILES string of the molecule is C#CCN(CC(=O)O)C(=O)CSCC(=O)N1CCOCC1. The van der Waals surface area contributed by atoms with Crippen LogP contribution >= 0.6 is 11.8 Å². The van der Waals surface area contributed by atoms with Crippen LogP contribution in [-0.4, -0.2) is 83.6 Å². The summed E-state index contributed by atoms with van der Waals surface area (Å²) in [6.07, 6.45) is 5.10. The van der Waals surface area contributed by atoms with E-state index < -0.39 is 12.5 Å². The molecule has 0 aromatic carbocycles. The van der Waals surface area contributed by atoms with Crippen LogP contribution in [0.4, 0.5) is 0 Å². The minimum absolute atomic E-state index is 0.0328. The number of nitrogens with zero attached hydrogens (tertiary/aromatic N) is 2. The first-order valence-corrected chi connectivity index (χ1v) is 7.56. The molecule has 116 valence electrons. The van der Waals surface area contributed by atoms with Gasteiger partial charge in [0.15, 0.2) is 0 Å². The number of carboxylic acid groups (broad SMARTS) is 1. The average Bonchev–Trinajstić information content (AvgIpc) is 2.47. The van der Waals surface area contributed by atoms with E-state index in [9.17, 15) is 14.4 Å². The quantitative estimate of drug-likeness (QED) is 0.614. The molecule has 1 fully saturated rings. The highest BCUT2D eigenvalue weighted by Gasteiger charge is 2.19. The lowest BCUT2D eigenvalue weighted by Gasteiger charge is -2.26. The Balaban J connectivity index is 2.32. The van der Waals surface area contributed by atoms with Gasteiger partial charge in [0.05, 0.1) is 31.3 Å². The number of ether oxygens (including phenoxy) is 1. The zero-order chi connectivity index (χ0) is 15.7. The Hall–Kier alpha value is -1.72. The summed E-state index contributed by atoms with van der Waals surface area (Å²) in [7, 11) is 0. The monoisotopic (exact) mass is 314 g/mol. The molecule has 0 aromatic rings. The van der Waals surface area contributed by atoms with E-state index in [0.29, 0.717) is 26.3 Å². The minimum atomic E-state index is -1.12. The van der Waals surface area contributed by atoms with Crippen molar-refractivity contribution in [1.29, 1.82) is 0 Å². The maximum absolute atomic E-state index is 11.9. The molecule has 0 aliphatic carbocycles. The molecule has 1 N–H and O–H groups in total. The van der Waals surface area contributed by atoms with Crippen molar-refractivity contribution in [2.45, 2.75) is 0 Å². The lowest BCUT2D eigenvalue weighted by molar-refractivity contribution is -0.143. The number of carboxylic acids is 1. The summed E-state index contributed by atoms with van der Waals surface area (Å²) in [5, 5.41) is 8.70. The Morgan fingerprint density at radius 3 is 2.52 bits per heavy atom. The van der Waals surface area contributed by atoms with Crippen molar-refractivity contribution in [2.75, 3.05) is 50.9 Å². The fourth-order valence-electron chi connectivity index (χ4n) is 1.73. The predicted octanol–water partition coefficient (Wildman–Crippen LogP) is -0.875. The number of morpholine rings is 1. The lowest BCUT2D eigenvalue weighted by atomic mass is 10.4. The number of hydrogen-bond acceptors (Lipinski definition) is 5. The molecule has 0 aromatic heterocycles. The van der Waals surface area contributed by atoms with E-state index in [-0.39, 0.29) is 29.9 Å². The Bertz CT molecular complexity index is 429. The molecule has 1 heterocycles. The summed E-state index contributed by atoms with van der Waals surface area (Å²) in [5.74, 6) is 0.924. The first kappa shape index (κ1) is 17.3. The highest BCUT2D eigenvalue weighted by molar-refractivity contribution is 8.00. The van der Waals surface area contributed by atoms with Crippen molar-refractivity contribution in [3.05, 3.63) is 0 Å². The normalized spacial score (nSPS) is 14.3. The second kappa shape index (κ2) is 9.26. The van der Waals surface area contributed by atoms with E-state index in [4.69, 9.17) is 16.3 Å².